The van der Waals surface area contributed by atoms with Crippen molar-refractivity contribution >= 4 is 40.3 Å². The molecule has 0 aliphatic heterocycles. The molecule has 192 valence electrons. The molecular formula is C27H26Cl2N4O4. The van der Waals surface area contributed by atoms with Crippen LogP contribution < -0.4 is 9.47 Å². The lowest BCUT2D eigenvalue weighted by Gasteiger charge is -2.14. The van der Waals surface area contributed by atoms with Crippen LogP contribution in [0.5, 0.6) is 11.6 Å². The first kappa shape index (κ1) is 25.3. The Balaban J connectivity index is 1.53. The van der Waals surface area contributed by atoms with Crippen LogP contribution in [-0.2, 0) is 11.3 Å². The van der Waals surface area contributed by atoms with E-state index >= 15 is 0 Å². The quantitative estimate of drug-likeness (QED) is 0.253. The van der Waals surface area contributed by atoms with Gasteiger partial charge < -0.3 is 19.1 Å². The summed E-state index contributed by atoms with van der Waals surface area (Å²) in [5, 5.41) is 10.0. The molecule has 2 heterocycles. The maximum atomic E-state index is 10.9. The van der Waals surface area contributed by atoms with Crippen molar-refractivity contribution in [1.29, 1.82) is 0 Å². The molecule has 0 saturated heterocycles. The molecule has 37 heavy (non-hydrogen) atoms. The molecule has 0 amide bonds. The third-order valence-corrected chi connectivity index (χ3v) is 6.81. The molecule has 1 aliphatic carbocycles. The highest BCUT2D eigenvalue weighted by Gasteiger charge is 2.41. The molecule has 0 spiro atoms. The number of carboxylic acids is 1. The average molecular weight is 541 g/mol. The predicted octanol–water partition coefficient (Wildman–Crippen LogP) is 6.27. The maximum Gasteiger partial charge on any atom is 0.303 e. The van der Waals surface area contributed by atoms with Gasteiger partial charge in [-0.3, -0.25) is 4.79 Å². The van der Waals surface area contributed by atoms with Crippen molar-refractivity contribution in [3.05, 3.63) is 64.4 Å². The number of fused-ring (bicyclic) bond motifs is 1. The van der Waals surface area contributed by atoms with E-state index in [1.54, 1.807) is 12.1 Å². The van der Waals surface area contributed by atoms with E-state index in [4.69, 9.17) is 42.8 Å². The number of carboxylic acid groups (broad SMARTS) is 1. The van der Waals surface area contributed by atoms with Gasteiger partial charge in [-0.1, -0.05) is 42.3 Å². The monoisotopic (exact) mass is 540 g/mol. The summed E-state index contributed by atoms with van der Waals surface area (Å²) in [5.74, 6) is 0.610. The van der Waals surface area contributed by atoms with Gasteiger partial charge in [0.1, 0.15) is 23.5 Å². The molecule has 4 aromatic rings. The van der Waals surface area contributed by atoms with Crippen LogP contribution in [0.2, 0.25) is 10.0 Å². The second-order valence-electron chi connectivity index (χ2n) is 9.71. The van der Waals surface area contributed by atoms with Crippen molar-refractivity contribution in [3.63, 3.8) is 0 Å². The fraction of sp³-hybridized carbons (Fsp3) is 0.333. The molecule has 8 nitrogen and oxygen atoms in total. The fourth-order valence-corrected chi connectivity index (χ4v) is 4.51. The molecule has 1 N–H and O–H groups in total. The normalized spacial score (nSPS) is 14.9. The first-order valence-corrected chi connectivity index (χ1v) is 12.8. The summed E-state index contributed by atoms with van der Waals surface area (Å²) in [4.78, 5) is 24.7. The van der Waals surface area contributed by atoms with Crippen LogP contribution in [0.15, 0.2) is 48.8 Å². The number of ether oxygens (including phenoxy) is 2. The minimum Gasteiger partial charge on any atom is -0.493 e. The number of aliphatic carboxylic acids is 1. The highest BCUT2D eigenvalue weighted by atomic mass is 35.5. The Labute approximate surface area is 224 Å². The zero-order valence-electron chi connectivity index (χ0n) is 20.4. The molecule has 1 aliphatic rings. The van der Waals surface area contributed by atoms with Gasteiger partial charge in [-0.25, -0.2) is 9.97 Å². The zero-order valence-corrected chi connectivity index (χ0v) is 22.0. The Kier molecular flexibility index (Phi) is 6.96. The van der Waals surface area contributed by atoms with Gasteiger partial charge in [0.25, 0.3) is 0 Å². The lowest BCUT2D eigenvalue weighted by atomic mass is 10.1. The van der Waals surface area contributed by atoms with E-state index < -0.39 is 5.97 Å². The van der Waals surface area contributed by atoms with Crippen LogP contribution in [0.3, 0.4) is 0 Å². The topological polar surface area (TPSA) is 99.4 Å². The van der Waals surface area contributed by atoms with E-state index in [2.05, 4.69) is 16.9 Å². The van der Waals surface area contributed by atoms with Gasteiger partial charge >= 0.3 is 5.97 Å². The van der Waals surface area contributed by atoms with Crippen molar-refractivity contribution in [2.45, 2.75) is 45.3 Å². The number of hydrogen-bond acceptors (Lipinski definition) is 6. The van der Waals surface area contributed by atoms with Crippen molar-refractivity contribution in [2.75, 3.05) is 6.61 Å². The fourth-order valence-electron chi connectivity index (χ4n) is 4.04. The van der Waals surface area contributed by atoms with E-state index in [1.165, 1.54) is 6.33 Å². The maximum absolute atomic E-state index is 10.9. The lowest BCUT2D eigenvalue weighted by molar-refractivity contribution is -0.138. The summed E-state index contributed by atoms with van der Waals surface area (Å²) in [6, 6.07) is 13.0. The molecule has 0 unspecified atom stereocenters. The number of rotatable bonds is 10. The molecule has 2 aromatic carbocycles. The first-order chi connectivity index (χ1) is 17.7. The minimum atomic E-state index is -0.856. The van der Waals surface area contributed by atoms with Crippen molar-refractivity contribution in [3.8, 4) is 23.0 Å². The summed E-state index contributed by atoms with van der Waals surface area (Å²) in [6.07, 6.45) is 3.45. The van der Waals surface area contributed by atoms with E-state index in [1.807, 2.05) is 41.8 Å². The Bertz CT molecular complexity index is 1470. The minimum absolute atomic E-state index is 0.0316. The highest BCUT2D eigenvalue weighted by Crippen LogP contribution is 2.41. The Hall–Kier alpha value is -3.36. The van der Waals surface area contributed by atoms with Crippen LogP contribution in [-0.4, -0.2) is 42.8 Å². The summed E-state index contributed by atoms with van der Waals surface area (Å²) in [7, 11) is 0. The summed E-state index contributed by atoms with van der Waals surface area (Å²) < 4.78 is 13.9. The van der Waals surface area contributed by atoms with Gasteiger partial charge in [-0.2, -0.15) is 4.98 Å². The van der Waals surface area contributed by atoms with Gasteiger partial charge in [0, 0.05) is 16.5 Å². The molecule has 0 bridgehead atoms. The Morgan fingerprint density at radius 1 is 1.19 bits per heavy atom. The summed E-state index contributed by atoms with van der Waals surface area (Å²) in [5.41, 5.74) is 2.63. The molecule has 2 aromatic heterocycles. The SMILES string of the molecule is C[C@@H](COc1ccc(-c2nc3c(OC4(C)CC4)ncnc3n2Cc2cccc(Cl)c2)c(Cl)c1)CC(=O)O. The van der Waals surface area contributed by atoms with Crippen LogP contribution in [0, 0.1) is 5.92 Å². The Morgan fingerprint density at radius 3 is 2.70 bits per heavy atom. The molecule has 1 fully saturated rings. The molecule has 10 heteroatoms. The third-order valence-electron chi connectivity index (χ3n) is 6.26. The first-order valence-electron chi connectivity index (χ1n) is 12.0. The molecular weight excluding hydrogens is 515 g/mol. The van der Waals surface area contributed by atoms with Gasteiger partial charge in [-0.15, -0.1) is 0 Å². The number of nitrogens with zero attached hydrogens (tertiary/aromatic N) is 4. The van der Waals surface area contributed by atoms with Crippen LogP contribution >= 0.6 is 23.2 Å². The van der Waals surface area contributed by atoms with E-state index in [9.17, 15) is 4.79 Å². The number of halogens is 2. The molecule has 1 saturated carbocycles. The zero-order chi connectivity index (χ0) is 26.2. The largest absolute Gasteiger partial charge is 0.493 e. The smallest absolute Gasteiger partial charge is 0.303 e. The number of benzene rings is 2. The standard InChI is InChI=1S/C27H26Cl2N4O4/c1-16(10-22(34)35)14-36-19-6-7-20(21(29)12-19)24-32-23-25(30-15-31-26(23)37-27(2)8-9-27)33(24)13-17-4-3-5-18(28)11-17/h3-7,11-12,15-16H,8-10,13-14H2,1-2H3,(H,34,35)/t16-/m1/s1. The van der Waals surface area contributed by atoms with Crippen LogP contribution in [0.1, 0.15) is 38.7 Å². The van der Waals surface area contributed by atoms with Gasteiger partial charge in [0.05, 0.1) is 24.6 Å². The molecule has 1 atom stereocenters. The number of imidazole rings is 1. The number of carbonyl (C=O) groups is 1. The summed E-state index contributed by atoms with van der Waals surface area (Å²) >= 11 is 13.0. The second kappa shape index (κ2) is 10.2. The summed E-state index contributed by atoms with van der Waals surface area (Å²) in [6.45, 7) is 4.61. The molecule has 5 rings (SSSR count). The predicted molar refractivity (Wildman–Crippen MR) is 142 cm³/mol. The average Bonchev–Trinajstić information content (AvgIpc) is 3.46. The van der Waals surface area contributed by atoms with E-state index in [0.29, 0.717) is 50.8 Å². The van der Waals surface area contributed by atoms with E-state index in [-0.39, 0.29) is 24.5 Å². The van der Waals surface area contributed by atoms with Crippen molar-refractivity contribution in [2.24, 2.45) is 5.92 Å². The van der Waals surface area contributed by atoms with Gasteiger partial charge in [-0.05, 0) is 55.7 Å². The second-order valence-corrected chi connectivity index (χ2v) is 10.6. The van der Waals surface area contributed by atoms with Gasteiger partial charge in [0.2, 0.25) is 5.88 Å². The Morgan fingerprint density at radius 2 is 2.00 bits per heavy atom. The molecule has 0 radical (unpaired) electrons. The van der Waals surface area contributed by atoms with Crippen LogP contribution in [0.4, 0.5) is 0 Å². The van der Waals surface area contributed by atoms with Crippen LogP contribution in [0.25, 0.3) is 22.6 Å². The number of hydrogen-bond donors (Lipinski definition) is 1. The van der Waals surface area contributed by atoms with E-state index in [0.717, 1.165) is 18.4 Å². The van der Waals surface area contributed by atoms with Crippen molar-refractivity contribution < 1.29 is 19.4 Å². The number of aromatic nitrogens is 4. The highest BCUT2D eigenvalue weighted by molar-refractivity contribution is 6.33. The van der Waals surface area contributed by atoms with Crippen molar-refractivity contribution in [1.82, 2.24) is 19.5 Å². The third kappa shape index (κ3) is 5.81. The van der Waals surface area contributed by atoms with Gasteiger partial charge in [0.15, 0.2) is 11.2 Å². The lowest BCUT2D eigenvalue weighted by Crippen LogP contribution is -2.13.